The van der Waals surface area contributed by atoms with Gasteiger partial charge >= 0.3 is 0 Å². The van der Waals surface area contributed by atoms with E-state index in [1.54, 1.807) is 0 Å². The Hall–Kier alpha value is -2.18. The highest BCUT2D eigenvalue weighted by Gasteiger charge is 2.22. The number of hydrogen-bond donors (Lipinski definition) is 3. The maximum atomic E-state index is 12.1. The van der Waals surface area contributed by atoms with E-state index < -0.39 is 6.10 Å². The zero-order valence-corrected chi connectivity index (χ0v) is 11.8. The molecule has 1 saturated heterocycles. The second kappa shape index (κ2) is 6.07. The van der Waals surface area contributed by atoms with E-state index in [1.165, 1.54) is 0 Å². The van der Waals surface area contributed by atoms with Crippen molar-refractivity contribution in [2.45, 2.75) is 13.0 Å². The van der Waals surface area contributed by atoms with E-state index in [2.05, 4.69) is 20.8 Å². The number of carbonyl (C=O) groups excluding carboxylic acids is 1. The number of anilines is 1. The molecule has 0 unspecified atom stereocenters. The highest BCUT2D eigenvalue weighted by Crippen LogP contribution is 2.23. The number of ether oxygens (including phenoxy) is 1. The summed E-state index contributed by atoms with van der Waals surface area (Å²) in [6.07, 6.45) is -0.461. The molecule has 0 spiro atoms. The Bertz CT molecular complexity index is 632. The molecule has 1 aliphatic rings. The zero-order chi connectivity index (χ0) is 14.7. The zero-order valence-electron chi connectivity index (χ0n) is 11.8. The first-order valence-electron chi connectivity index (χ1n) is 6.98. The molecule has 1 aliphatic heterocycles. The molecule has 21 heavy (non-hydrogen) atoms. The standard InChI is InChI=1S/C15H18N4O2/c1-10-4-2-3-5-11(10)12-8-14(19-18-12)17-15(20)13-9-16-6-7-21-13/h2-5,8,13,16H,6-7,9H2,1H3,(H2,17,18,19,20)/t13-/m0/s1. The Kier molecular flexibility index (Phi) is 3.98. The van der Waals surface area contributed by atoms with Crippen LogP contribution in [0.3, 0.4) is 0 Å². The molecule has 0 bridgehead atoms. The van der Waals surface area contributed by atoms with E-state index in [-0.39, 0.29) is 5.91 Å². The largest absolute Gasteiger partial charge is 0.366 e. The van der Waals surface area contributed by atoms with Gasteiger partial charge in [-0.25, -0.2) is 0 Å². The van der Waals surface area contributed by atoms with Gasteiger partial charge in [0, 0.05) is 24.7 Å². The number of hydrogen-bond acceptors (Lipinski definition) is 4. The summed E-state index contributed by atoms with van der Waals surface area (Å²) < 4.78 is 5.41. The number of benzene rings is 1. The molecule has 6 heteroatoms. The molecule has 1 amide bonds. The van der Waals surface area contributed by atoms with Crippen molar-refractivity contribution >= 4 is 11.7 Å². The molecule has 2 heterocycles. The second-order valence-corrected chi connectivity index (χ2v) is 5.03. The molecule has 110 valence electrons. The summed E-state index contributed by atoms with van der Waals surface area (Å²) in [6.45, 7) is 3.90. The van der Waals surface area contributed by atoms with E-state index in [4.69, 9.17) is 4.74 Å². The third kappa shape index (κ3) is 3.12. The van der Waals surface area contributed by atoms with Gasteiger partial charge in [0.25, 0.3) is 5.91 Å². The topological polar surface area (TPSA) is 79.0 Å². The van der Waals surface area contributed by atoms with Gasteiger partial charge in [-0.2, -0.15) is 5.10 Å². The molecule has 2 aromatic rings. The summed E-state index contributed by atoms with van der Waals surface area (Å²) in [7, 11) is 0. The lowest BCUT2D eigenvalue weighted by molar-refractivity contribution is -0.128. The van der Waals surface area contributed by atoms with Crippen LogP contribution in [0.15, 0.2) is 30.3 Å². The number of rotatable bonds is 3. The Morgan fingerprint density at radius 1 is 1.43 bits per heavy atom. The van der Waals surface area contributed by atoms with Crippen molar-refractivity contribution in [3.05, 3.63) is 35.9 Å². The number of carbonyl (C=O) groups is 1. The van der Waals surface area contributed by atoms with Crippen LogP contribution in [-0.2, 0) is 9.53 Å². The van der Waals surface area contributed by atoms with Crippen molar-refractivity contribution < 1.29 is 9.53 Å². The minimum atomic E-state index is -0.461. The maximum Gasteiger partial charge on any atom is 0.256 e. The fourth-order valence-electron chi connectivity index (χ4n) is 2.34. The molecular formula is C15H18N4O2. The summed E-state index contributed by atoms with van der Waals surface area (Å²) in [4.78, 5) is 12.1. The van der Waals surface area contributed by atoms with Crippen molar-refractivity contribution in [2.75, 3.05) is 25.0 Å². The first-order chi connectivity index (χ1) is 10.2. The summed E-state index contributed by atoms with van der Waals surface area (Å²) in [5.74, 6) is 0.331. The lowest BCUT2D eigenvalue weighted by Gasteiger charge is -2.22. The summed E-state index contributed by atoms with van der Waals surface area (Å²) >= 11 is 0. The number of nitrogens with one attached hydrogen (secondary N) is 3. The van der Waals surface area contributed by atoms with Gasteiger partial charge in [-0.15, -0.1) is 0 Å². The summed E-state index contributed by atoms with van der Waals surface area (Å²) in [6, 6.07) is 9.85. The first kappa shape index (κ1) is 13.8. The highest BCUT2D eigenvalue weighted by molar-refractivity contribution is 5.94. The molecular weight excluding hydrogens is 268 g/mol. The van der Waals surface area contributed by atoms with Crippen LogP contribution in [0, 0.1) is 6.92 Å². The predicted molar refractivity (Wildman–Crippen MR) is 80.0 cm³/mol. The van der Waals surface area contributed by atoms with Crippen LogP contribution >= 0.6 is 0 Å². The molecule has 1 aromatic heterocycles. The van der Waals surface area contributed by atoms with Crippen molar-refractivity contribution in [3.63, 3.8) is 0 Å². The molecule has 0 saturated carbocycles. The molecule has 1 fully saturated rings. The number of morpholine rings is 1. The fourth-order valence-corrected chi connectivity index (χ4v) is 2.34. The van der Waals surface area contributed by atoms with Gasteiger partial charge in [0.2, 0.25) is 0 Å². The Morgan fingerprint density at radius 3 is 3.05 bits per heavy atom. The smallest absolute Gasteiger partial charge is 0.256 e. The van der Waals surface area contributed by atoms with Crippen LogP contribution < -0.4 is 10.6 Å². The number of H-pyrrole nitrogens is 1. The lowest BCUT2D eigenvalue weighted by atomic mass is 10.1. The highest BCUT2D eigenvalue weighted by atomic mass is 16.5. The Balaban J connectivity index is 1.70. The average molecular weight is 286 g/mol. The average Bonchev–Trinajstić information content (AvgIpc) is 2.97. The van der Waals surface area contributed by atoms with E-state index in [9.17, 15) is 4.79 Å². The summed E-state index contributed by atoms with van der Waals surface area (Å²) in [5, 5.41) is 13.0. The number of amides is 1. The molecule has 3 N–H and O–H groups in total. The fraction of sp³-hybridized carbons (Fsp3) is 0.333. The van der Waals surface area contributed by atoms with Crippen LogP contribution in [-0.4, -0.2) is 41.9 Å². The molecule has 3 rings (SSSR count). The predicted octanol–water partition coefficient (Wildman–Crippen LogP) is 1.31. The maximum absolute atomic E-state index is 12.1. The Morgan fingerprint density at radius 2 is 2.29 bits per heavy atom. The van der Waals surface area contributed by atoms with Gasteiger partial charge in [0.05, 0.1) is 12.3 Å². The number of aryl methyl sites for hydroxylation is 1. The van der Waals surface area contributed by atoms with Gasteiger partial charge in [-0.3, -0.25) is 9.89 Å². The molecule has 6 nitrogen and oxygen atoms in total. The first-order valence-corrected chi connectivity index (χ1v) is 6.98. The van der Waals surface area contributed by atoms with Gasteiger partial charge in [-0.1, -0.05) is 24.3 Å². The normalized spacial score (nSPS) is 18.4. The number of nitrogens with zero attached hydrogens (tertiary/aromatic N) is 1. The van der Waals surface area contributed by atoms with Crippen molar-refractivity contribution in [3.8, 4) is 11.3 Å². The summed E-state index contributed by atoms with van der Waals surface area (Å²) in [5.41, 5.74) is 3.10. The van der Waals surface area contributed by atoms with Crippen LogP contribution in [0.2, 0.25) is 0 Å². The van der Waals surface area contributed by atoms with Crippen LogP contribution in [0.4, 0.5) is 5.82 Å². The Labute approximate surface area is 122 Å². The second-order valence-electron chi connectivity index (χ2n) is 5.03. The van der Waals surface area contributed by atoms with Gasteiger partial charge in [-0.05, 0) is 12.5 Å². The van der Waals surface area contributed by atoms with Crippen molar-refractivity contribution in [2.24, 2.45) is 0 Å². The third-order valence-corrected chi connectivity index (χ3v) is 3.48. The van der Waals surface area contributed by atoms with E-state index in [1.807, 2.05) is 37.3 Å². The van der Waals surface area contributed by atoms with E-state index in [0.717, 1.165) is 23.4 Å². The molecule has 0 radical (unpaired) electrons. The van der Waals surface area contributed by atoms with Crippen LogP contribution in [0.1, 0.15) is 5.56 Å². The van der Waals surface area contributed by atoms with Crippen LogP contribution in [0.5, 0.6) is 0 Å². The lowest BCUT2D eigenvalue weighted by Crippen LogP contribution is -2.45. The van der Waals surface area contributed by atoms with Crippen molar-refractivity contribution in [1.29, 1.82) is 0 Å². The number of aromatic amines is 1. The SMILES string of the molecule is Cc1ccccc1-c1cc(NC(=O)[C@@H]2CNCCO2)n[nH]1. The molecule has 1 atom stereocenters. The minimum Gasteiger partial charge on any atom is -0.366 e. The van der Waals surface area contributed by atoms with Gasteiger partial charge < -0.3 is 15.4 Å². The monoisotopic (exact) mass is 286 g/mol. The van der Waals surface area contributed by atoms with E-state index in [0.29, 0.717) is 19.0 Å². The van der Waals surface area contributed by atoms with E-state index >= 15 is 0 Å². The van der Waals surface area contributed by atoms with Gasteiger partial charge in [0.1, 0.15) is 6.10 Å². The quantitative estimate of drug-likeness (QED) is 0.795. The van der Waals surface area contributed by atoms with Crippen LogP contribution in [0.25, 0.3) is 11.3 Å². The third-order valence-electron chi connectivity index (χ3n) is 3.48. The molecule has 0 aliphatic carbocycles. The minimum absolute atomic E-state index is 0.176. The van der Waals surface area contributed by atoms with Crippen molar-refractivity contribution in [1.82, 2.24) is 15.5 Å². The number of aromatic nitrogens is 2. The van der Waals surface area contributed by atoms with Gasteiger partial charge in [0.15, 0.2) is 5.82 Å². The molecule has 1 aromatic carbocycles.